The van der Waals surface area contributed by atoms with E-state index in [-0.39, 0.29) is 17.9 Å². The molecule has 0 atom stereocenters. The zero-order valence-corrected chi connectivity index (χ0v) is 13.0. The van der Waals surface area contributed by atoms with Crippen LogP contribution in [0.2, 0.25) is 0 Å². The lowest BCUT2D eigenvalue weighted by Crippen LogP contribution is -2.50. The first kappa shape index (κ1) is 15.5. The second kappa shape index (κ2) is 6.01. The lowest BCUT2D eigenvalue weighted by molar-refractivity contribution is -0.143. The van der Waals surface area contributed by atoms with Crippen LogP contribution < -0.4 is 0 Å². The molecule has 1 aliphatic heterocycles. The van der Waals surface area contributed by atoms with Crippen LogP contribution in [-0.2, 0) is 11.2 Å². The van der Waals surface area contributed by atoms with Crippen LogP contribution in [0.4, 0.5) is 0 Å². The van der Waals surface area contributed by atoms with E-state index in [9.17, 15) is 15.0 Å². The van der Waals surface area contributed by atoms with Gasteiger partial charge < -0.3 is 15.1 Å². The molecule has 2 N–H and O–H groups in total. The number of likely N-dealkylation sites (tertiary alicyclic amines) is 1. The Hall–Kier alpha value is -1.39. The van der Waals surface area contributed by atoms with Crippen LogP contribution in [0.25, 0.3) is 0 Å². The van der Waals surface area contributed by atoms with Gasteiger partial charge in [0.05, 0.1) is 12.2 Å². The minimum absolute atomic E-state index is 0.162. The summed E-state index contributed by atoms with van der Waals surface area (Å²) in [6.45, 7) is 0.903. The lowest BCUT2D eigenvalue weighted by Gasteiger charge is -2.38. The van der Waals surface area contributed by atoms with E-state index in [1.165, 1.54) is 5.56 Å². The Kier molecular flexibility index (Phi) is 4.24. The molecule has 1 amide bonds. The molecule has 1 aromatic rings. The molecule has 2 aliphatic rings. The highest BCUT2D eigenvalue weighted by atomic mass is 16.3. The van der Waals surface area contributed by atoms with Gasteiger partial charge in [0, 0.05) is 18.5 Å². The van der Waals surface area contributed by atoms with Crippen molar-refractivity contribution in [1.29, 1.82) is 0 Å². The van der Waals surface area contributed by atoms with Gasteiger partial charge in [-0.15, -0.1) is 0 Å². The SMILES string of the molecule is O=C(N1CCC(O)(CO)CC1)C1(CCc2ccccc2)CC1. The van der Waals surface area contributed by atoms with Gasteiger partial charge in [0.15, 0.2) is 0 Å². The minimum Gasteiger partial charge on any atom is -0.393 e. The number of hydrogen-bond donors (Lipinski definition) is 2. The van der Waals surface area contributed by atoms with Crippen LogP contribution in [-0.4, -0.2) is 46.3 Å². The van der Waals surface area contributed by atoms with E-state index >= 15 is 0 Å². The molecular formula is C18H25NO3. The zero-order valence-electron chi connectivity index (χ0n) is 13.0. The summed E-state index contributed by atoms with van der Waals surface area (Å²) in [5.74, 6) is 0.253. The van der Waals surface area contributed by atoms with Crippen LogP contribution in [0.3, 0.4) is 0 Å². The average molecular weight is 303 g/mol. The van der Waals surface area contributed by atoms with E-state index in [2.05, 4.69) is 12.1 Å². The highest BCUT2D eigenvalue weighted by Gasteiger charge is 2.51. The zero-order chi connectivity index (χ0) is 15.6. The number of piperidine rings is 1. The molecule has 22 heavy (non-hydrogen) atoms. The first-order valence-electron chi connectivity index (χ1n) is 8.24. The van der Waals surface area contributed by atoms with Gasteiger partial charge in [-0.05, 0) is 44.1 Å². The third-order valence-electron chi connectivity index (χ3n) is 5.32. The summed E-state index contributed by atoms with van der Waals surface area (Å²) in [6, 6.07) is 10.3. The van der Waals surface area contributed by atoms with E-state index in [0.717, 1.165) is 25.7 Å². The molecule has 3 rings (SSSR count). The van der Waals surface area contributed by atoms with Crippen molar-refractivity contribution >= 4 is 5.91 Å². The van der Waals surface area contributed by atoms with Crippen molar-refractivity contribution in [1.82, 2.24) is 4.90 Å². The standard InChI is InChI=1S/C18H25NO3/c20-14-18(22)10-12-19(13-11-18)16(21)17(8-9-17)7-6-15-4-2-1-3-5-15/h1-5,20,22H,6-14H2. The Balaban J connectivity index is 1.56. The quantitative estimate of drug-likeness (QED) is 0.871. The maximum atomic E-state index is 12.8. The summed E-state index contributed by atoms with van der Waals surface area (Å²) in [5.41, 5.74) is 0.136. The topological polar surface area (TPSA) is 60.8 Å². The predicted octanol–water partition coefficient (Wildman–Crippen LogP) is 1.75. The third-order valence-corrected chi connectivity index (χ3v) is 5.32. The van der Waals surface area contributed by atoms with Gasteiger partial charge in [-0.25, -0.2) is 0 Å². The largest absolute Gasteiger partial charge is 0.393 e. The Morgan fingerprint density at radius 3 is 2.27 bits per heavy atom. The monoisotopic (exact) mass is 303 g/mol. The molecule has 1 saturated carbocycles. The van der Waals surface area contributed by atoms with Gasteiger partial charge in [0.25, 0.3) is 0 Å². The Bertz CT molecular complexity index is 516. The predicted molar refractivity (Wildman–Crippen MR) is 84.3 cm³/mol. The molecule has 120 valence electrons. The number of nitrogens with zero attached hydrogens (tertiary/aromatic N) is 1. The van der Waals surface area contributed by atoms with Gasteiger partial charge in [-0.2, -0.15) is 0 Å². The molecule has 0 bridgehead atoms. The van der Waals surface area contributed by atoms with Crippen molar-refractivity contribution in [3.8, 4) is 0 Å². The van der Waals surface area contributed by atoms with Crippen molar-refractivity contribution in [3.63, 3.8) is 0 Å². The summed E-state index contributed by atoms with van der Waals surface area (Å²) in [7, 11) is 0. The summed E-state index contributed by atoms with van der Waals surface area (Å²) in [4.78, 5) is 14.7. The Morgan fingerprint density at radius 1 is 1.09 bits per heavy atom. The lowest BCUT2D eigenvalue weighted by atomic mass is 9.90. The molecule has 4 heteroatoms. The molecular weight excluding hydrogens is 278 g/mol. The van der Waals surface area contributed by atoms with E-state index in [4.69, 9.17) is 0 Å². The molecule has 0 radical (unpaired) electrons. The van der Waals surface area contributed by atoms with Crippen molar-refractivity contribution in [3.05, 3.63) is 35.9 Å². The van der Waals surface area contributed by atoms with Crippen molar-refractivity contribution in [2.24, 2.45) is 5.41 Å². The number of carbonyl (C=O) groups excluding carboxylic acids is 1. The first-order chi connectivity index (χ1) is 10.6. The van der Waals surface area contributed by atoms with E-state index in [1.807, 2.05) is 23.1 Å². The van der Waals surface area contributed by atoms with E-state index in [0.29, 0.717) is 25.9 Å². The van der Waals surface area contributed by atoms with E-state index < -0.39 is 5.60 Å². The summed E-state index contributed by atoms with van der Waals surface area (Å²) in [6.07, 6.45) is 4.78. The van der Waals surface area contributed by atoms with Crippen molar-refractivity contribution in [2.45, 2.75) is 44.1 Å². The summed E-state index contributed by atoms with van der Waals surface area (Å²) < 4.78 is 0. The highest BCUT2D eigenvalue weighted by Crippen LogP contribution is 2.51. The molecule has 1 heterocycles. The first-order valence-corrected chi connectivity index (χ1v) is 8.24. The second-order valence-electron chi connectivity index (χ2n) is 6.94. The fourth-order valence-electron chi connectivity index (χ4n) is 3.37. The molecule has 2 fully saturated rings. The van der Waals surface area contributed by atoms with Crippen LogP contribution in [0.1, 0.15) is 37.7 Å². The summed E-state index contributed by atoms with van der Waals surface area (Å²) >= 11 is 0. The Morgan fingerprint density at radius 2 is 1.73 bits per heavy atom. The number of benzene rings is 1. The van der Waals surface area contributed by atoms with Crippen LogP contribution in [0.5, 0.6) is 0 Å². The number of hydrogen-bond acceptors (Lipinski definition) is 3. The van der Waals surface area contributed by atoms with Crippen LogP contribution >= 0.6 is 0 Å². The van der Waals surface area contributed by atoms with Crippen molar-refractivity contribution < 1.29 is 15.0 Å². The van der Waals surface area contributed by atoms with Gasteiger partial charge in [-0.1, -0.05) is 30.3 Å². The smallest absolute Gasteiger partial charge is 0.228 e. The molecule has 1 aliphatic carbocycles. The molecule has 1 saturated heterocycles. The fraction of sp³-hybridized carbons (Fsp3) is 0.611. The normalized spacial score (nSPS) is 22.4. The van der Waals surface area contributed by atoms with Gasteiger partial charge in [0.1, 0.15) is 0 Å². The summed E-state index contributed by atoms with van der Waals surface area (Å²) in [5, 5.41) is 19.3. The van der Waals surface area contributed by atoms with Gasteiger partial charge in [0.2, 0.25) is 5.91 Å². The average Bonchev–Trinajstić information content (AvgIpc) is 3.35. The number of carbonyl (C=O) groups is 1. The molecule has 4 nitrogen and oxygen atoms in total. The second-order valence-corrected chi connectivity index (χ2v) is 6.94. The van der Waals surface area contributed by atoms with Gasteiger partial charge in [-0.3, -0.25) is 4.79 Å². The fourth-order valence-corrected chi connectivity index (χ4v) is 3.37. The number of rotatable bonds is 5. The van der Waals surface area contributed by atoms with Crippen LogP contribution in [0.15, 0.2) is 30.3 Å². The van der Waals surface area contributed by atoms with Crippen LogP contribution in [0, 0.1) is 5.41 Å². The number of aliphatic hydroxyl groups excluding tert-OH is 1. The molecule has 1 aromatic carbocycles. The number of aryl methyl sites for hydroxylation is 1. The Labute approximate surface area is 131 Å². The molecule has 0 aromatic heterocycles. The maximum Gasteiger partial charge on any atom is 0.228 e. The third kappa shape index (κ3) is 3.18. The van der Waals surface area contributed by atoms with Gasteiger partial charge >= 0.3 is 0 Å². The number of amides is 1. The molecule has 0 spiro atoms. The minimum atomic E-state index is -0.989. The highest BCUT2D eigenvalue weighted by molar-refractivity contribution is 5.85. The van der Waals surface area contributed by atoms with E-state index in [1.54, 1.807) is 0 Å². The molecule has 0 unspecified atom stereocenters. The maximum absolute atomic E-state index is 12.8. The number of aliphatic hydroxyl groups is 2. The van der Waals surface area contributed by atoms with Crippen molar-refractivity contribution in [2.75, 3.05) is 19.7 Å².